The zero-order chi connectivity index (χ0) is 29.9. The Kier molecular flexibility index (Phi) is 10.8. The molecule has 0 aromatic heterocycles. The molecule has 5 rings (SSSR count). The molecular weight excluding hydrogens is 542 g/mol. The predicted molar refractivity (Wildman–Crippen MR) is 168 cm³/mol. The average Bonchev–Trinajstić information content (AvgIpc) is 3.88. The number of benzene rings is 3. The molecule has 9 heteroatoms. The van der Waals surface area contributed by atoms with Crippen LogP contribution < -0.4 is 20.8 Å². The van der Waals surface area contributed by atoms with Crippen LogP contribution in [0, 0.1) is 5.92 Å². The van der Waals surface area contributed by atoms with Crippen molar-refractivity contribution in [3.8, 4) is 11.1 Å². The fraction of sp³-hybridized carbons (Fsp3) is 0.382. The van der Waals surface area contributed by atoms with Crippen LogP contribution in [0.25, 0.3) is 11.1 Å². The highest BCUT2D eigenvalue weighted by Gasteiger charge is 2.29. The number of carbonyl (C=O) groups excluding carboxylic acids is 3. The van der Waals surface area contributed by atoms with Gasteiger partial charge in [-0.1, -0.05) is 73.2 Å². The standard InChI is InChI=1S/C34H41N5O4/c40-32(20-22-35-26-27-18-19-27)36-38(29-14-6-2-7-15-29)33(41)21-25-43-34(42)39(37-23-10-3-11-24-37)31-17-9-8-16-30(31)28-12-4-1-5-13-28/h1-2,4-9,12-17,27,35H,3,10-11,18-26H2,(H,36,40). The third-order valence-electron chi connectivity index (χ3n) is 7.71. The third kappa shape index (κ3) is 8.65. The first-order valence-corrected chi connectivity index (χ1v) is 15.3. The molecule has 1 aliphatic carbocycles. The van der Waals surface area contributed by atoms with E-state index in [4.69, 9.17) is 4.74 Å². The largest absolute Gasteiger partial charge is 0.448 e. The van der Waals surface area contributed by atoms with E-state index in [1.807, 2.05) is 65.7 Å². The molecule has 1 saturated heterocycles. The molecule has 0 unspecified atom stereocenters. The molecule has 2 N–H and O–H groups in total. The monoisotopic (exact) mass is 583 g/mol. The number of rotatable bonds is 12. The molecule has 2 aliphatic rings. The number of hydrogen-bond donors (Lipinski definition) is 2. The molecule has 0 atom stereocenters. The van der Waals surface area contributed by atoms with Gasteiger partial charge >= 0.3 is 6.09 Å². The molecule has 3 amide bonds. The number of nitrogens with one attached hydrogen (secondary N) is 2. The molecule has 3 aromatic carbocycles. The molecular formula is C34H41N5O4. The maximum atomic E-state index is 13.7. The first-order chi connectivity index (χ1) is 21.1. The average molecular weight is 584 g/mol. The maximum Gasteiger partial charge on any atom is 0.429 e. The van der Waals surface area contributed by atoms with Gasteiger partial charge < -0.3 is 10.1 Å². The van der Waals surface area contributed by atoms with E-state index in [2.05, 4.69) is 10.7 Å². The van der Waals surface area contributed by atoms with Gasteiger partial charge in [-0.3, -0.25) is 15.0 Å². The number of nitrogens with zero attached hydrogens (tertiary/aromatic N) is 3. The minimum atomic E-state index is -0.532. The van der Waals surface area contributed by atoms with Gasteiger partial charge in [0.15, 0.2) is 0 Å². The second-order valence-corrected chi connectivity index (χ2v) is 11.1. The summed E-state index contributed by atoms with van der Waals surface area (Å²) in [5.74, 6) is 0.101. The molecule has 0 bridgehead atoms. The van der Waals surface area contributed by atoms with E-state index in [0.717, 1.165) is 61.6 Å². The smallest absolute Gasteiger partial charge is 0.429 e. The summed E-state index contributed by atoms with van der Waals surface area (Å²) in [6.45, 7) is 2.82. The number of piperidine rings is 1. The van der Waals surface area contributed by atoms with Crippen molar-refractivity contribution in [2.45, 2.75) is 44.9 Å². The minimum Gasteiger partial charge on any atom is -0.448 e. The van der Waals surface area contributed by atoms with Crippen molar-refractivity contribution in [2.24, 2.45) is 5.92 Å². The lowest BCUT2D eigenvalue weighted by atomic mass is 10.0. The van der Waals surface area contributed by atoms with Crippen LogP contribution in [0.3, 0.4) is 0 Å². The van der Waals surface area contributed by atoms with Gasteiger partial charge in [0.25, 0.3) is 0 Å². The fourth-order valence-electron chi connectivity index (χ4n) is 5.22. The van der Waals surface area contributed by atoms with Gasteiger partial charge in [-0.15, -0.1) is 0 Å². The zero-order valence-corrected chi connectivity index (χ0v) is 24.6. The van der Waals surface area contributed by atoms with Crippen LogP contribution in [-0.4, -0.2) is 55.7 Å². The van der Waals surface area contributed by atoms with Crippen LogP contribution in [0.2, 0.25) is 0 Å². The summed E-state index contributed by atoms with van der Waals surface area (Å²) in [5, 5.41) is 8.21. The Morgan fingerprint density at radius 3 is 2.21 bits per heavy atom. The lowest BCUT2D eigenvalue weighted by Gasteiger charge is -2.37. The number of carbonyl (C=O) groups is 3. The molecule has 3 aromatic rings. The number of ether oxygens (including phenoxy) is 1. The predicted octanol–water partition coefficient (Wildman–Crippen LogP) is 5.54. The zero-order valence-electron chi connectivity index (χ0n) is 24.6. The normalized spacial score (nSPS) is 15.0. The minimum absolute atomic E-state index is 0.0883. The van der Waals surface area contributed by atoms with Crippen LogP contribution in [0.15, 0.2) is 84.9 Å². The topological polar surface area (TPSA) is 94.2 Å². The number of amides is 3. The van der Waals surface area contributed by atoms with Gasteiger partial charge in [-0.25, -0.2) is 19.8 Å². The Hall–Kier alpha value is -4.21. The Labute approximate surface area is 253 Å². The maximum absolute atomic E-state index is 13.7. The second kappa shape index (κ2) is 15.3. The van der Waals surface area contributed by atoms with Crippen molar-refractivity contribution in [1.29, 1.82) is 0 Å². The third-order valence-corrected chi connectivity index (χ3v) is 7.71. The van der Waals surface area contributed by atoms with E-state index in [9.17, 15) is 14.4 Å². The van der Waals surface area contributed by atoms with Gasteiger partial charge in [-0.2, -0.15) is 0 Å². The second-order valence-electron chi connectivity index (χ2n) is 11.1. The summed E-state index contributed by atoms with van der Waals surface area (Å²) in [5.41, 5.74) is 5.95. The van der Waals surface area contributed by atoms with Crippen LogP contribution >= 0.6 is 0 Å². The SMILES string of the molecule is O=C(CCNCC1CC1)NN(C(=O)CCOC(=O)N(c1ccccc1-c1ccccc1)N1CCCCC1)c1ccccc1. The summed E-state index contributed by atoms with van der Waals surface area (Å²) in [6, 6.07) is 26.7. The molecule has 1 saturated carbocycles. The fourth-order valence-corrected chi connectivity index (χ4v) is 5.22. The van der Waals surface area contributed by atoms with Crippen LogP contribution in [0.5, 0.6) is 0 Å². The Bertz CT molecular complexity index is 1340. The highest BCUT2D eigenvalue weighted by molar-refractivity contribution is 5.97. The van der Waals surface area contributed by atoms with E-state index < -0.39 is 6.09 Å². The highest BCUT2D eigenvalue weighted by atomic mass is 16.6. The lowest BCUT2D eigenvalue weighted by Crippen LogP contribution is -2.50. The van der Waals surface area contributed by atoms with Crippen molar-refractivity contribution in [3.63, 3.8) is 0 Å². The van der Waals surface area contributed by atoms with Crippen molar-refractivity contribution in [2.75, 3.05) is 42.8 Å². The van der Waals surface area contributed by atoms with E-state index >= 15 is 0 Å². The van der Waals surface area contributed by atoms with E-state index in [1.165, 1.54) is 17.9 Å². The van der Waals surface area contributed by atoms with Crippen molar-refractivity contribution in [1.82, 2.24) is 15.8 Å². The number of hydrazine groups is 2. The summed E-state index contributed by atoms with van der Waals surface area (Å²) < 4.78 is 5.75. The molecule has 226 valence electrons. The van der Waals surface area contributed by atoms with Gasteiger partial charge in [0.2, 0.25) is 11.8 Å². The first kappa shape index (κ1) is 30.3. The molecule has 2 fully saturated rings. The summed E-state index contributed by atoms with van der Waals surface area (Å²) in [6.07, 6.45) is 5.21. The molecule has 1 aliphatic heterocycles. The van der Waals surface area contributed by atoms with Gasteiger partial charge in [0, 0.05) is 31.6 Å². The van der Waals surface area contributed by atoms with Crippen LogP contribution in [0.1, 0.15) is 44.9 Å². The first-order valence-electron chi connectivity index (χ1n) is 15.3. The Morgan fingerprint density at radius 1 is 0.814 bits per heavy atom. The number of anilines is 2. The van der Waals surface area contributed by atoms with Crippen molar-refractivity contribution in [3.05, 3.63) is 84.9 Å². The molecule has 0 spiro atoms. The van der Waals surface area contributed by atoms with E-state index in [1.54, 1.807) is 29.3 Å². The lowest BCUT2D eigenvalue weighted by molar-refractivity contribution is -0.126. The highest BCUT2D eigenvalue weighted by Crippen LogP contribution is 2.33. The van der Waals surface area contributed by atoms with Crippen LogP contribution in [0.4, 0.5) is 16.2 Å². The molecule has 9 nitrogen and oxygen atoms in total. The quantitative estimate of drug-likeness (QED) is 0.215. The summed E-state index contributed by atoms with van der Waals surface area (Å²) in [7, 11) is 0. The molecule has 1 heterocycles. The van der Waals surface area contributed by atoms with Crippen molar-refractivity contribution < 1.29 is 19.1 Å². The Balaban J connectivity index is 1.24. The van der Waals surface area contributed by atoms with Gasteiger partial charge in [0.05, 0.1) is 17.8 Å². The van der Waals surface area contributed by atoms with Gasteiger partial charge in [-0.05, 0) is 61.9 Å². The Morgan fingerprint density at radius 2 is 1.49 bits per heavy atom. The van der Waals surface area contributed by atoms with Crippen LogP contribution in [-0.2, 0) is 14.3 Å². The van der Waals surface area contributed by atoms with E-state index in [-0.39, 0.29) is 31.3 Å². The van der Waals surface area contributed by atoms with Crippen molar-refractivity contribution >= 4 is 29.3 Å². The summed E-state index contributed by atoms with van der Waals surface area (Å²) in [4.78, 5) is 39.7. The molecule has 43 heavy (non-hydrogen) atoms. The summed E-state index contributed by atoms with van der Waals surface area (Å²) >= 11 is 0. The van der Waals surface area contributed by atoms with Gasteiger partial charge in [0.1, 0.15) is 6.61 Å². The van der Waals surface area contributed by atoms with E-state index in [0.29, 0.717) is 12.2 Å². The number of para-hydroxylation sites is 2. The molecule has 0 radical (unpaired) electrons. The number of hydrogen-bond acceptors (Lipinski definition) is 6.